The molecule has 0 aliphatic rings. The molecule has 6 heteroatoms. The molecule has 0 saturated heterocycles. The van der Waals surface area contributed by atoms with Crippen molar-refractivity contribution in [3.8, 4) is 11.8 Å². The normalized spacial score (nSPS) is 11.4. The Morgan fingerprint density at radius 1 is 1.12 bits per heavy atom. The Bertz CT molecular complexity index is 1060. The van der Waals surface area contributed by atoms with Crippen LogP contribution in [0, 0.1) is 11.3 Å². The summed E-state index contributed by atoms with van der Waals surface area (Å²) in [7, 11) is 0. The Kier molecular flexibility index (Phi) is 5.01. The van der Waals surface area contributed by atoms with Crippen LogP contribution in [0.4, 0.5) is 5.69 Å². The molecule has 0 saturated carbocycles. The number of nitriles is 1. The molecule has 2 N–H and O–H groups in total. The van der Waals surface area contributed by atoms with Crippen LogP contribution in [0.15, 0.2) is 88.9 Å². The number of aromatic nitrogens is 2. The lowest BCUT2D eigenvalue weighted by Gasteiger charge is -2.08. The van der Waals surface area contributed by atoms with E-state index >= 15 is 0 Å². The van der Waals surface area contributed by atoms with Gasteiger partial charge in [0.05, 0.1) is 28.7 Å². The van der Waals surface area contributed by atoms with Crippen molar-refractivity contribution in [2.75, 3.05) is 0 Å². The molecular formula is C20H15N5O. The molecule has 26 heavy (non-hydrogen) atoms. The fraction of sp³-hybridized carbons (Fsp3) is 0. The fourth-order valence-corrected chi connectivity index (χ4v) is 2.32. The van der Waals surface area contributed by atoms with E-state index in [0.29, 0.717) is 17.0 Å². The van der Waals surface area contributed by atoms with Gasteiger partial charge in [0, 0.05) is 12.3 Å². The van der Waals surface area contributed by atoms with Crippen molar-refractivity contribution < 1.29 is 0 Å². The fourth-order valence-electron chi connectivity index (χ4n) is 2.32. The molecule has 2 aromatic carbocycles. The molecule has 1 heterocycles. The molecule has 3 rings (SSSR count). The van der Waals surface area contributed by atoms with E-state index in [1.54, 1.807) is 41.2 Å². The third-order valence-electron chi connectivity index (χ3n) is 3.57. The number of hydrogen-bond donors (Lipinski definition) is 1. The van der Waals surface area contributed by atoms with Gasteiger partial charge in [-0.15, -0.1) is 0 Å². The van der Waals surface area contributed by atoms with Gasteiger partial charge in [-0.05, 0) is 48.7 Å². The zero-order valence-corrected chi connectivity index (χ0v) is 13.8. The Morgan fingerprint density at radius 2 is 1.85 bits per heavy atom. The maximum absolute atomic E-state index is 12.3. The summed E-state index contributed by atoms with van der Waals surface area (Å²) in [6.45, 7) is 0. The molecule has 1 aromatic heterocycles. The van der Waals surface area contributed by atoms with Crippen LogP contribution in [0.25, 0.3) is 5.69 Å². The number of hydrogen-bond acceptors (Lipinski definition) is 5. The molecule has 0 radical (unpaired) electrons. The highest BCUT2D eigenvalue weighted by Gasteiger charge is 2.10. The minimum atomic E-state index is -0.261. The number of para-hydroxylation sites is 1. The molecular weight excluding hydrogens is 326 g/mol. The van der Waals surface area contributed by atoms with Gasteiger partial charge in [0.25, 0.3) is 0 Å². The molecule has 0 spiro atoms. The van der Waals surface area contributed by atoms with Gasteiger partial charge >= 0.3 is 0 Å². The van der Waals surface area contributed by atoms with E-state index in [2.05, 4.69) is 16.2 Å². The van der Waals surface area contributed by atoms with E-state index in [0.717, 1.165) is 5.69 Å². The van der Waals surface area contributed by atoms with Crippen molar-refractivity contribution in [1.29, 1.82) is 5.26 Å². The van der Waals surface area contributed by atoms with Crippen LogP contribution in [-0.2, 0) is 0 Å². The number of allylic oxidation sites excluding steroid dienone is 1. The molecule has 6 nitrogen and oxygen atoms in total. The van der Waals surface area contributed by atoms with Crippen LogP contribution in [0.5, 0.6) is 0 Å². The van der Waals surface area contributed by atoms with E-state index in [1.807, 2.05) is 30.3 Å². The largest absolute Gasteiger partial charge is 0.405 e. The molecule has 0 unspecified atom stereocenters. The minimum absolute atomic E-state index is 0.183. The SMILES string of the molecule is N#Cc1ccc(-n2ccc(=O)c(C(C=CN)=Nc3ccccc3)n2)cc1. The predicted molar refractivity (Wildman–Crippen MR) is 101 cm³/mol. The number of benzene rings is 2. The highest BCUT2D eigenvalue weighted by atomic mass is 16.1. The van der Waals surface area contributed by atoms with Crippen molar-refractivity contribution in [3.63, 3.8) is 0 Å². The summed E-state index contributed by atoms with van der Waals surface area (Å²) in [5.41, 5.74) is 7.77. The van der Waals surface area contributed by atoms with Gasteiger partial charge in [-0.2, -0.15) is 10.4 Å². The third kappa shape index (κ3) is 3.74. The number of rotatable bonds is 4. The summed E-state index contributed by atoms with van der Waals surface area (Å²) in [5, 5.41) is 13.3. The lowest BCUT2D eigenvalue weighted by molar-refractivity contribution is 0.829. The smallest absolute Gasteiger partial charge is 0.209 e. The van der Waals surface area contributed by atoms with Crippen molar-refractivity contribution >= 4 is 11.4 Å². The van der Waals surface area contributed by atoms with Gasteiger partial charge in [0.15, 0.2) is 5.69 Å². The summed E-state index contributed by atoms with van der Waals surface area (Å²) in [4.78, 5) is 16.8. The average molecular weight is 341 g/mol. The van der Waals surface area contributed by atoms with Gasteiger partial charge in [0.1, 0.15) is 0 Å². The van der Waals surface area contributed by atoms with Gasteiger partial charge in [-0.25, -0.2) is 9.67 Å². The second-order valence-electron chi connectivity index (χ2n) is 5.32. The second-order valence-corrected chi connectivity index (χ2v) is 5.32. The Hall–Kier alpha value is -3.98. The number of aliphatic imine (C=N–C) groups is 1. The van der Waals surface area contributed by atoms with Gasteiger partial charge in [0.2, 0.25) is 5.43 Å². The van der Waals surface area contributed by atoms with Crippen molar-refractivity contribution in [2.45, 2.75) is 0 Å². The molecule has 0 bridgehead atoms. The monoisotopic (exact) mass is 341 g/mol. The van der Waals surface area contributed by atoms with E-state index in [1.165, 1.54) is 12.3 Å². The maximum atomic E-state index is 12.3. The van der Waals surface area contributed by atoms with E-state index in [4.69, 9.17) is 11.0 Å². The molecule has 0 aliphatic carbocycles. The Labute approximate surface area is 150 Å². The van der Waals surface area contributed by atoms with Gasteiger partial charge in [-0.3, -0.25) is 4.79 Å². The maximum Gasteiger partial charge on any atom is 0.209 e. The zero-order valence-electron chi connectivity index (χ0n) is 13.8. The standard InChI is InChI=1S/C20H15N5O/c21-12-10-18(23-16-4-2-1-3-5-16)20-19(26)11-13-25(24-20)17-8-6-15(14-22)7-9-17/h1-13H,21H2. The quantitative estimate of drug-likeness (QED) is 0.738. The van der Waals surface area contributed by atoms with Gasteiger partial charge < -0.3 is 5.73 Å². The van der Waals surface area contributed by atoms with Crippen molar-refractivity contribution in [1.82, 2.24) is 9.78 Å². The van der Waals surface area contributed by atoms with Crippen molar-refractivity contribution in [2.24, 2.45) is 10.7 Å². The molecule has 0 amide bonds. The Balaban J connectivity index is 2.09. The summed E-state index contributed by atoms with van der Waals surface area (Å²) in [6, 6.07) is 19.6. The lowest BCUT2D eigenvalue weighted by atomic mass is 10.2. The first kappa shape index (κ1) is 16.9. The van der Waals surface area contributed by atoms with Crippen molar-refractivity contribution in [3.05, 3.63) is 101 Å². The zero-order chi connectivity index (χ0) is 18.4. The molecule has 0 atom stereocenters. The number of nitrogens with two attached hydrogens (primary N) is 1. The van der Waals surface area contributed by atoms with E-state index in [-0.39, 0.29) is 11.1 Å². The van der Waals surface area contributed by atoms with Crippen LogP contribution in [-0.4, -0.2) is 15.5 Å². The Morgan fingerprint density at radius 3 is 2.50 bits per heavy atom. The number of nitrogens with zero attached hydrogens (tertiary/aromatic N) is 4. The average Bonchev–Trinajstić information content (AvgIpc) is 2.69. The topological polar surface area (TPSA) is 97.1 Å². The predicted octanol–water partition coefficient (Wildman–Crippen LogP) is 2.70. The molecule has 3 aromatic rings. The summed E-state index contributed by atoms with van der Waals surface area (Å²) >= 11 is 0. The molecule has 0 fully saturated rings. The summed E-state index contributed by atoms with van der Waals surface area (Å²) in [6.07, 6.45) is 4.43. The van der Waals surface area contributed by atoms with Crippen LogP contribution in [0.3, 0.4) is 0 Å². The first-order valence-corrected chi connectivity index (χ1v) is 7.84. The minimum Gasteiger partial charge on any atom is -0.405 e. The van der Waals surface area contributed by atoms with Crippen LogP contribution in [0.2, 0.25) is 0 Å². The highest BCUT2D eigenvalue weighted by molar-refractivity contribution is 6.08. The lowest BCUT2D eigenvalue weighted by Crippen LogP contribution is -2.20. The van der Waals surface area contributed by atoms with Crippen LogP contribution >= 0.6 is 0 Å². The summed E-state index contributed by atoms with van der Waals surface area (Å²) < 4.78 is 1.56. The van der Waals surface area contributed by atoms with E-state index < -0.39 is 0 Å². The van der Waals surface area contributed by atoms with Gasteiger partial charge in [-0.1, -0.05) is 18.2 Å². The first-order chi connectivity index (χ1) is 12.7. The van der Waals surface area contributed by atoms with Crippen LogP contribution in [0.1, 0.15) is 11.3 Å². The van der Waals surface area contributed by atoms with Crippen LogP contribution < -0.4 is 11.2 Å². The molecule has 126 valence electrons. The third-order valence-corrected chi connectivity index (χ3v) is 3.57. The van der Waals surface area contributed by atoms with E-state index in [9.17, 15) is 4.79 Å². The first-order valence-electron chi connectivity index (χ1n) is 7.84. The summed E-state index contributed by atoms with van der Waals surface area (Å²) in [5.74, 6) is 0. The second kappa shape index (κ2) is 7.73. The highest BCUT2D eigenvalue weighted by Crippen LogP contribution is 2.13. The molecule has 0 aliphatic heterocycles.